The summed E-state index contributed by atoms with van der Waals surface area (Å²) < 4.78 is 20.7. The molecule has 2 fully saturated rings. The number of anilines is 3. The summed E-state index contributed by atoms with van der Waals surface area (Å²) >= 11 is 0. The molecule has 1 amide bonds. The number of carbonyl (C=O) groups is 1. The molecular weight excluding hydrogens is 527 g/mol. The minimum atomic E-state index is -1.45. The highest BCUT2D eigenvalue weighted by Crippen LogP contribution is 2.29. The van der Waals surface area contributed by atoms with E-state index in [1.807, 2.05) is 12.1 Å². The molecule has 0 aliphatic carbocycles. The zero-order chi connectivity index (χ0) is 28.9. The summed E-state index contributed by atoms with van der Waals surface area (Å²) in [5.41, 5.74) is 2.80. The van der Waals surface area contributed by atoms with Crippen LogP contribution in [0.1, 0.15) is 18.9 Å². The first-order valence-corrected chi connectivity index (χ1v) is 13.6. The Morgan fingerprint density at radius 3 is 2.59 bits per heavy atom. The van der Waals surface area contributed by atoms with Gasteiger partial charge in [-0.1, -0.05) is 0 Å². The highest BCUT2D eigenvalue weighted by molar-refractivity contribution is 5.80. The number of nitrogens with zero attached hydrogens (tertiary/aromatic N) is 7. The third-order valence-electron chi connectivity index (χ3n) is 7.35. The maximum atomic E-state index is 14.8. The van der Waals surface area contributed by atoms with Crippen LogP contribution < -0.4 is 15.0 Å². The minimum absolute atomic E-state index is 0.173. The van der Waals surface area contributed by atoms with Crippen molar-refractivity contribution >= 4 is 23.2 Å². The summed E-state index contributed by atoms with van der Waals surface area (Å²) in [5, 5.41) is 22.5. The van der Waals surface area contributed by atoms with Crippen LogP contribution in [0.25, 0.3) is 11.4 Å². The van der Waals surface area contributed by atoms with Crippen LogP contribution in [-0.2, 0) is 4.79 Å². The van der Waals surface area contributed by atoms with Crippen molar-refractivity contribution in [1.29, 1.82) is 5.26 Å². The predicted octanol–water partition coefficient (Wildman–Crippen LogP) is 2.60. The maximum Gasteiger partial charge on any atom is 0.251 e. The highest BCUT2D eigenvalue weighted by Gasteiger charge is 2.34. The Morgan fingerprint density at radius 1 is 1.15 bits per heavy atom. The van der Waals surface area contributed by atoms with E-state index < -0.39 is 24.3 Å². The Balaban J connectivity index is 1.24. The van der Waals surface area contributed by atoms with Crippen LogP contribution in [0.15, 0.2) is 48.8 Å². The number of likely N-dealkylation sites (N-methyl/N-ethyl adjacent to an activating group) is 1. The van der Waals surface area contributed by atoms with Gasteiger partial charge in [-0.3, -0.25) is 4.79 Å². The van der Waals surface area contributed by atoms with Crippen molar-refractivity contribution in [1.82, 2.24) is 24.8 Å². The van der Waals surface area contributed by atoms with Gasteiger partial charge in [-0.15, -0.1) is 0 Å². The largest absolute Gasteiger partial charge is 0.486 e. The van der Waals surface area contributed by atoms with Crippen LogP contribution in [-0.4, -0.2) is 100 Å². The van der Waals surface area contributed by atoms with Crippen molar-refractivity contribution in [2.75, 3.05) is 56.5 Å². The second-order valence-corrected chi connectivity index (χ2v) is 10.3. The predicted molar refractivity (Wildman–Crippen MR) is 152 cm³/mol. The van der Waals surface area contributed by atoms with Gasteiger partial charge in [-0.25, -0.2) is 14.4 Å². The number of amides is 1. The second kappa shape index (κ2) is 12.4. The van der Waals surface area contributed by atoms with Crippen LogP contribution >= 0.6 is 0 Å². The van der Waals surface area contributed by atoms with Crippen LogP contribution in [0.5, 0.6) is 5.75 Å². The molecule has 2 saturated heterocycles. The number of rotatable bonds is 7. The molecule has 214 valence electrons. The van der Waals surface area contributed by atoms with Gasteiger partial charge in [0.05, 0.1) is 12.1 Å². The Kier molecular flexibility index (Phi) is 8.56. The topological polar surface area (TPSA) is 131 Å². The molecule has 0 spiro atoms. The molecule has 2 N–H and O–H groups in total. The number of carbonyl (C=O) groups excluding carboxylic acids is 1. The highest BCUT2D eigenvalue weighted by atomic mass is 19.1. The van der Waals surface area contributed by atoms with Crippen molar-refractivity contribution in [3.05, 3.63) is 54.4 Å². The number of halogens is 1. The number of hydrogen-bond donors (Lipinski definition) is 2. The minimum Gasteiger partial charge on any atom is -0.486 e. The van der Waals surface area contributed by atoms with E-state index in [4.69, 9.17) is 4.74 Å². The van der Waals surface area contributed by atoms with Gasteiger partial charge in [0, 0.05) is 56.1 Å². The van der Waals surface area contributed by atoms with E-state index in [-0.39, 0.29) is 30.8 Å². The number of piperazine rings is 1. The summed E-state index contributed by atoms with van der Waals surface area (Å²) in [6.07, 6.45) is -1.82. The van der Waals surface area contributed by atoms with Crippen molar-refractivity contribution in [3.63, 3.8) is 0 Å². The first kappa shape index (κ1) is 28.2. The van der Waals surface area contributed by atoms with Crippen LogP contribution in [0.3, 0.4) is 0 Å². The molecule has 0 bridgehead atoms. The molecule has 0 unspecified atom stereocenters. The average Bonchev–Trinajstić information content (AvgIpc) is 2.99. The molecule has 0 saturated carbocycles. The van der Waals surface area contributed by atoms with E-state index in [0.29, 0.717) is 17.3 Å². The fourth-order valence-corrected chi connectivity index (χ4v) is 4.95. The Bertz CT molecular complexity index is 1410. The van der Waals surface area contributed by atoms with Crippen LogP contribution in [0.4, 0.5) is 21.7 Å². The number of piperidine rings is 1. The summed E-state index contributed by atoms with van der Waals surface area (Å²) in [7, 11) is 2.13. The molecule has 12 heteroatoms. The third-order valence-corrected chi connectivity index (χ3v) is 7.35. The van der Waals surface area contributed by atoms with Crippen molar-refractivity contribution < 1.29 is 19.0 Å². The summed E-state index contributed by atoms with van der Waals surface area (Å²) in [6, 6.07) is 15.1. The number of likely N-dealkylation sites (tertiary alicyclic amines) is 1. The number of aliphatic hydroxyl groups excluding tert-OH is 1. The summed E-state index contributed by atoms with van der Waals surface area (Å²) in [6.45, 7) is 5.51. The van der Waals surface area contributed by atoms with E-state index in [0.717, 1.165) is 31.9 Å². The molecule has 3 atom stereocenters. The quantitative estimate of drug-likeness (QED) is 0.445. The van der Waals surface area contributed by atoms with E-state index in [1.165, 1.54) is 23.8 Å². The molecular formula is C29H33FN8O3. The number of aromatic nitrogens is 3. The smallest absolute Gasteiger partial charge is 0.251 e. The second-order valence-electron chi connectivity index (χ2n) is 10.3. The average molecular weight is 561 g/mol. The lowest BCUT2D eigenvalue weighted by molar-refractivity contribution is -0.143. The molecule has 1 aromatic heterocycles. The molecule has 41 heavy (non-hydrogen) atoms. The number of nitriles is 1. The standard InChI is InChI=1S/C29H33FN8O3/c1-19(39)28(40)38-10-9-26(24(30)17-38)41-25-8-3-20(15-21(25)16-31)27-32-18-33-29(35-27)34-22-4-6-23(7-5-22)37-13-11-36(2)12-14-37/h3-8,15,18-19,24,26,39H,9-14,17H2,1-2H3,(H,32,33,34,35)/t19-,24-,26-/m0/s1. The number of aliphatic hydroxyl groups is 1. The van der Waals surface area contributed by atoms with Crippen molar-refractivity contribution in [2.24, 2.45) is 0 Å². The third kappa shape index (κ3) is 6.70. The summed E-state index contributed by atoms with van der Waals surface area (Å²) in [5.74, 6) is 0.460. The zero-order valence-corrected chi connectivity index (χ0v) is 23.1. The first-order valence-electron chi connectivity index (χ1n) is 13.6. The lowest BCUT2D eigenvalue weighted by Crippen LogP contribution is -2.51. The molecule has 3 aromatic rings. The molecule has 2 aliphatic rings. The lowest BCUT2D eigenvalue weighted by Gasteiger charge is -2.35. The van der Waals surface area contributed by atoms with Gasteiger partial charge in [0.25, 0.3) is 5.91 Å². The first-order chi connectivity index (χ1) is 19.8. The summed E-state index contributed by atoms with van der Waals surface area (Å²) in [4.78, 5) is 31.0. The molecule has 3 heterocycles. The van der Waals surface area contributed by atoms with E-state index >= 15 is 0 Å². The molecule has 2 aromatic carbocycles. The normalized spacial score (nSPS) is 20.3. The Morgan fingerprint density at radius 2 is 1.90 bits per heavy atom. The lowest BCUT2D eigenvalue weighted by atomic mass is 10.0. The van der Waals surface area contributed by atoms with Gasteiger partial charge >= 0.3 is 0 Å². The zero-order valence-electron chi connectivity index (χ0n) is 23.1. The number of nitrogens with one attached hydrogen (secondary N) is 1. The number of hydrogen-bond acceptors (Lipinski definition) is 10. The molecule has 5 rings (SSSR count). The Hall–Kier alpha value is -4.34. The van der Waals surface area contributed by atoms with Gasteiger partial charge in [-0.05, 0) is 56.4 Å². The van der Waals surface area contributed by atoms with Crippen LogP contribution in [0, 0.1) is 11.3 Å². The van der Waals surface area contributed by atoms with Gasteiger partial charge in [0.1, 0.15) is 30.4 Å². The van der Waals surface area contributed by atoms with Crippen molar-refractivity contribution in [2.45, 2.75) is 31.7 Å². The number of alkyl halides is 1. The fourth-order valence-electron chi connectivity index (χ4n) is 4.95. The van der Waals surface area contributed by atoms with Gasteiger partial charge < -0.3 is 29.9 Å². The van der Waals surface area contributed by atoms with E-state index in [9.17, 15) is 19.6 Å². The Labute approximate surface area is 238 Å². The van der Waals surface area contributed by atoms with Gasteiger partial charge in [-0.2, -0.15) is 10.2 Å². The van der Waals surface area contributed by atoms with E-state index in [1.54, 1.807) is 18.2 Å². The maximum absolute atomic E-state index is 14.8. The van der Waals surface area contributed by atoms with Crippen LogP contribution in [0.2, 0.25) is 0 Å². The fraction of sp³-hybridized carbons (Fsp3) is 0.414. The van der Waals surface area contributed by atoms with E-state index in [2.05, 4.69) is 55.3 Å². The van der Waals surface area contributed by atoms with Gasteiger partial charge in [0.2, 0.25) is 5.95 Å². The van der Waals surface area contributed by atoms with Crippen molar-refractivity contribution in [3.8, 4) is 23.2 Å². The molecule has 0 radical (unpaired) electrons. The SMILES string of the molecule is C[C@H](O)C(=O)N1CC[C@H](Oc2ccc(-c3ncnc(Nc4ccc(N5CCN(C)CC5)cc4)n3)cc2C#N)[C@@H](F)C1. The molecule has 11 nitrogen and oxygen atoms in total. The van der Waals surface area contributed by atoms with Gasteiger partial charge in [0.15, 0.2) is 12.0 Å². The number of benzene rings is 2. The molecule has 2 aliphatic heterocycles. The number of ether oxygens (including phenoxy) is 1. The monoisotopic (exact) mass is 560 g/mol.